The van der Waals surface area contributed by atoms with Gasteiger partial charge >= 0.3 is 0 Å². The van der Waals surface area contributed by atoms with Crippen molar-refractivity contribution in [3.8, 4) is 0 Å². The van der Waals surface area contributed by atoms with Gasteiger partial charge in [-0.15, -0.1) is 0 Å². The van der Waals surface area contributed by atoms with Crippen molar-refractivity contribution >= 4 is 5.69 Å². The van der Waals surface area contributed by atoms with Gasteiger partial charge in [0.15, 0.2) is 0 Å². The van der Waals surface area contributed by atoms with E-state index in [2.05, 4.69) is 50.8 Å². The van der Waals surface area contributed by atoms with E-state index in [0.717, 1.165) is 12.1 Å². The Bertz CT molecular complexity index is 379. The van der Waals surface area contributed by atoms with Crippen LogP contribution in [0.4, 0.5) is 5.69 Å². The Kier molecular flexibility index (Phi) is 2.96. The van der Waals surface area contributed by atoms with Crippen molar-refractivity contribution in [2.75, 3.05) is 18.0 Å². The Balaban J connectivity index is 2.31. The van der Waals surface area contributed by atoms with Crippen molar-refractivity contribution < 1.29 is 0 Å². The van der Waals surface area contributed by atoms with Crippen molar-refractivity contribution in [1.82, 2.24) is 0 Å². The van der Waals surface area contributed by atoms with Crippen LogP contribution in [0.5, 0.6) is 0 Å². The molecule has 1 aromatic carbocycles. The molecule has 1 aliphatic rings. The third-order valence-corrected chi connectivity index (χ3v) is 3.50. The Labute approximate surface area is 99.5 Å². The van der Waals surface area contributed by atoms with Crippen LogP contribution in [0.25, 0.3) is 0 Å². The summed E-state index contributed by atoms with van der Waals surface area (Å²) in [6, 6.07) is 6.61. The third-order valence-electron chi connectivity index (χ3n) is 3.50. The first-order valence-corrected chi connectivity index (χ1v) is 6.26. The smallest absolute Gasteiger partial charge is 0.0405 e. The maximum Gasteiger partial charge on any atom is 0.0405 e. The first-order valence-electron chi connectivity index (χ1n) is 6.26. The summed E-state index contributed by atoms with van der Waals surface area (Å²) >= 11 is 0. The Hall–Kier alpha value is -0.980. The molecule has 0 unspecified atom stereocenters. The molecule has 1 heterocycles. The van der Waals surface area contributed by atoms with Crippen molar-refractivity contribution in [2.24, 2.45) is 0 Å². The zero-order valence-electron chi connectivity index (χ0n) is 10.7. The summed E-state index contributed by atoms with van der Waals surface area (Å²) in [5, 5.41) is 0. The lowest BCUT2D eigenvalue weighted by Crippen LogP contribution is -2.29. The van der Waals surface area contributed by atoms with Gasteiger partial charge in [0.25, 0.3) is 0 Å². The average molecular weight is 216 g/mol. The maximum atomic E-state index is 4.03. The Morgan fingerprint density at radius 2 is 2.12 bits per heavy atom. The highest BCUT2D eigenvalue weighted by Crippen LogP contribution is 2.40. The minimum absolute atomic E-state index is 0.275. The number of fused-ring (bicyclic) bond motifs is 1. The van der Waals surface area contributed by atoms with Crippen LogP contribution in [0.1, 0.15) is 44.7 Å². The van der Waals surface area contributed by atoms with Crippen molar-refractivity contribution in [3.63, 3.8) is 0 Å². The van der Waals surface area contributed by atoms with Gasteiger partial charge in [0.2, 0.25) is 0 Å². The fourth-order valence-electron chi connectivity index (χ4n) is 2.60. The molecule has 0 fully saturated rings. The summed E-state index contributed by atoms with van der Waals surface area (Å²) in [5.74, 6) is 0. The standard InChI is InChI=1S/C15H22N/c1-5-6-9-16-11-15(3,4)13-10-12(2)7-8-14(13)16/h7-8,10H,2,5-6,9,11H2,1,3-4H3. The minimum Gasteiger partial charge on any atom is -0.370 e. The van der Waals surface area contributed by atoms with Gasteiger partial charge < -0.3 is 4.90 Å². The summed E-state index contributed by atoms with van der Waals surface area (Å²) in [7, 11) is 0. The zero-order valence-corrected chi connectivity index (χ0v) is 10.7. The molecule has 1 nitrogen and oxygen atoms in total. The van der Waals surface area contributed by atoms with Crippen molar-refractivity contribution in [2.45, 2.75) is 39.0 Å². The molecule has 2 rings (SSSR count). The molecule has 1 heteroatoms. The molecule has 87 valence electrons. The topological polar surface area (TPSA) is 3.24 Å². The zero-order chi connectivity index (χ0) is 11.8. The van der Waals surface area contributed by atoms with Crippen LogP contribution < -0.4 is 4.90 Å². The van der Waals surface area contributed by atoms with Gasteiger partial charge in [-0.25, -0.2) is 0 Å². The van der Waals surface area contributed by atoms with E-state index >= 15 is 0 Å². The number of benzene rings is 1. The van der Waals surface area contributed by atoms with Crippen LogP contribution in [0.3, 0.4) is 0 Å². The highest BCUT2D eigenvalue weighted by Gasteiger charge is 2.34. The van der Waals surface area contributed by atoms with E-state index in [-0.39, 0.29) is 5.41 Å². The van der Waals surface area contributed by atoms with E-state index in [1.165, 1.54) is 30.6 Å². The normalized spacial score (nSPS) is 17.6. The average Bonchev–Trinajstić information content (AvgIpc) is 2.48. The molecule has 0 saturated heterocycles. The predicted molar refractivity (Wildman–Crippen MR) is 71.0 cm³/mol. The molecule has 0 aliphatic carbocycles. The van der Waals surface area contributed by atoms with Gasteiger partial charge in [0, 0.05) is 24.2 Å². The quantitative estimate of drug-likeness (QED) is 0.743. The van der Waals surface area contributed by atoms with Gasteiger partial charge in [0.05, 0.1) is 0 Å². The van der Waals surface area contributed by atoms with E-state index < -0.39 is 0 Å². The lowest BCUT2D eigenvalue weighted by molar-refractivity contribution is 0.545. The monoisotopic (exact) mass is 216 g/mol. The van der Waals surface area contributed by atoms with Gasteiger partial charge in [-0.05, 0) is 30.5 Å². The highest BCUT2D eigenvalue weighted by atomic mass is 15.2. The van der Waals surface area contributed by atoms with Crippen LogP contribution in [-0.2, 0) is 5.41 Å². The lowest BCUT2D eigenvalue weighted by atomic mass is 9.86. The fraction of sp³-hybridized carbons (Fsp3) is 0.533. The third kappa shape index (κ3) is 1.95. The lowest BCUT2D eigenvalue weighted by Gasteiger charge is -2.22. The second kappa shape index (κ2) is 4.12. The van der Waals surface area contributed by atoms with Crippen LogP contribution >= 0.6 is 0 Å². The Morgan fingerprint density at radius 3 is 2.81 bits per heavy atom. The molecular weight excluding hydrogens is 194 g/mol. The molecule has 0 spiro atoms. The summed E-state index contributed by atoms with van der Waals surface area (Å²) in [5.41, 5.74) is 4.29. The number of unbranched alkanes of at least 4 members (excludes halogenated alkanes) is 1. The molecule has 0 bridgehead atoms. The largest absolute Gasteiger partial charge is 0.370 e. The first-order chi connectivity index (χ1) is 7.54. The SMILES string of the molecule is [CH2]c1ccc2c(c1)C(C)(C)CN2CCCC. The van der Waals surface area contributed by atoms with E-state index in [9.17, 15) is 0 Å². The number of anilines is 1. The molecule has 1 aliphatic heterocycles. The van der Waals surface area contributed by atoms with Gasteiger partial charge in [-0.3, -0.25) is 0 Å². The molecular formula is C15H22N. The molecule has 0 atom stereocenters. The van der Waals surface area contributed by atoms with Gasteiger partial charge in [-0.1, -0.05) is 39.3 Å². The summed E-state index contributed by atoms with van der Waals surface area (Å²) in [6.45, 7) is 13.3. The van der Waals surface area contributed by atoms with Crippen LogP contribution in [0.15, 0.2) is 18.2 Å². The maximum absolute atomic E-state index is 4.03. The van der Waals surface area contributed by atoms with Crippen LogP contribution in [-0.4, -0.2) is 13.1 Å². The number of hydrogen-bond acceptors (Lipinski definition) is 1. The molecule has 1 radical (unpaired) electrons. The van der Waals surface area contributed by atoms with E-state index in [1.54, 1.807) is 0 Å². The molecule has 0 aromatic heterocycles. The summed E-state index contributed by atoms with van der Waals surface area (Å²) in [4.78, 5) is 2.53. The first kappa shape index (κ1) is 11.5. The number of nitrogens with zero attached hydrogens (tertiary/aromatic N) is 1. The Morgan fingerprint density at radius 1 is 1.38 bits per heavy atom. The van der Waals surface area contributed by atoms with Crippen LogP contribution in [0, 0.1) is 6.92 Å². The van der Waals surface area contributed by atoms with Gasteiger partial charge in [0.1, 0.15) is 0 Å². The van der Waals surface area contributed by atoms with E-state index in [0.29, 0.717) is 0 Å². The summed E-state index contributed by atoms with van der Waals surface area (Å²) in [6.07, 6.45) is 2.54. The minimum atomic E-state index is 0.275. The van der Waals surface area contributed by atoms with E-state index in [4.69, 9.17) is 0 Å². The second-order valence-corrected chi connectivity index (χ2v) is 5.51. The predicted octanol–water partition coefficient (Wildman–Crippen LogP) is 3.77. The molecule has 0 saturated carbocycles. The summed E-state index contributed by atoms with van der Waals surface area (Å²) < 4.78 is 0. The fourth-order valence-corrected chi connectivity index (χ4v) is 2.60. The number of rotatable bonds is 3. The highest BCUT2D eigenvalue weighted by molar-refractivity contribution is 5.63. The van der Waals surface area contributed by atoms with Crippen LogP contribution in [0.2, 0.25) is 0 Å². The van der Waals surface area contributed by atoms with Crippen molar-refractivity contribution in [1.29, 1.82) is 0 Å². The van der Waals surface area contributed by atoms with Gasteiger partial charge in [-0.2, -0.15) is 0 Å². The molecule has 0 N–H and O–H groups in total. The molecule has 0 amide bonds. The molecule has 16 heavy (non-hydrogen) atoms. The van der Waals surface area contributed by atoms with E-state index in [1.807, 2.05) is 0 Å². The second-order valence-electron chi connectivity index (χ2n) is 5.51. The number of hydrogen-bond donors (Lipinski definition) is 0. The van der Waals surface area contributed by atoms with Crippen molar-refractivity contribution in [3.05, 3.63) is 36.2 Å². The molecule has 1 aromatic rings.